The Bertz CT molecular complexity index is 961. The minimum absolute atomic E-state index is 0.145. The van der Waals surface area contributed by atoms with Crippen molar-refractivity contribution in [2.75, 3.05) is 5.32 Å². The van der Waals surface area contributed by atoms with Gasteiger partial charge in [0.25, 0.3) is 11.3 Å². The van der Waals surface area contributed by atoms with Gasteiger partial charge in [0.2, 0.25) is 5.91 Å². The average Bonchev–Trinajstić information content (AvgIpc) is 2.84. The van der Waals surface area contributed by atoms with Gasteiger partial charge in [0.15, 0.2) is 0 Å². The van der Waals surface area contributed by atoms with Crippen LogP contribution in [0.5, 0.6) is 0 Å². The standard InChI is InChI=1S/C15H13FN4O3/c1-8-13-14(23-19-8)17-9(2)20(15(13)22)7-12(21)18-11-5-3-4-10(16)6-11/h3-6H,7H2,1-2H3,(H,18,21). The molecule has 0 spiro atoms. The van der Waals surface area contributed by atoms with E-state index in [0.29, 0.717) is 17.2 Å². The number of carbonyl (C=O) groups excluding carboxylic acids is 1. The van der Waals surface area contributed by atoms with Gasteiger partial charge in [-0.05, 0) is 32.0 Å². The van der Waals surface area contributed by atoms with Crippen molar-refractivity contribution in [2.45, 2.75) is 20.4 Å². The lowest BCUT2D eigenvalue weighted by atomic mass is 10.3. The summed E-state index contributed by atoms with van der Waals surface area (Å²) in [5.41, 5.74) is 0.472. The van der Waals surface area contributed by atoms with Crippen molar-refractivity contribution < 1.29 is 13.7 Å². The van der Waals surface area contributed by atoms with Gasteiger partial charge < -0.3 is 9.84 Å². The SMILES string of the molecule is Cc1noc2nc(C)n(CC(=O)Nc3cccc(F)c3)c(=O)c12. The second-order valence-corrected chi connectivity index (χ2v) is 5.06. The van der Waals surface area contributed by atoms with Crippen LogP contribution in [0.3, 0.4) is 0 Å². The molecule has 0 unspecified atom stereocenters. The Labute approximate surface area is 129 Å². The molecular formula is C15H13FN4O3. The second-order valence-electron chi connectivity index (χ2n) is 5.06. The van der Waals surface area contributed by atoms with Gasteiger partial charge in [-0.1, -0.05) is 11.2 Å². The minimum Gasteiger partial charge on any atom is -0.335 e. The summed E-state index contributed by atoms with van der Waals surface area (Å²) in [5.74, 6) is -0.594. The summed E-state index contributed by atoms with van der Waals surface area (Å²) < 4.78 is 19.3. The Kier molecular flexibility index (Phi) is 3.65. The van der Waals surface area contributed by atoms with E-state index in [2.05, 4.69) is 15.5 Å². The highest BCUT2D eigenvalue weighted by Gasteiger charge is 2.16. The molecule has 0 bridgehead atoms. The molecule has 1 amide bonds. The summed E-state index contributed by atoms with van der Waals surface area (Å²) in [6.07, 6.45) is 0. The maximum Gasteiger partial charge on any atom is 0.267 e. The number of carbonyl (C=O) groups is 1. The van der Waals surface area contributed by atoms with E-state index >= 15 is 0 Å². The van der Waals surface area contributed by atoms with Crippen LogP contribution in [0, 0.1) is 19.7 Å². The molecule has 7 nitrogen and oxygen atoms in total. The van der Waals surface area contributed by atoms with Crippen LogP contribution in [0.4, 0.5) is 10.1 Å². The van der Waals surface area contributed by atoms with Crippen LogP contribution >= 0.6 is 0 Å². The smallest absolute Gasteiger partial charge is 0.267 e. The van der Waals surface area contributed by atoms with Gasteiger partial charge in [0.1, 0.15) is 23.6 Å². The molecule has 23 heavy (non-hydrogen) atoms. The van der Waals surface area contributed by atoms with Gasteiger partial charge >= 0.3 is 0 Å². The van der Waals surface area contributed by atoms with Crippen molar-refractivity contribution in [3.05, 3.63) is 52.0 Å². The van der Waals surface area contributed by atoms with Crippen molar-refractivity contribution >= 4 is 22.7 Å². The molecule has 0 atom stereocenters. The number of fused-ring (bicyclic) bond motifs is 1. The number of nitrogens with one attached hydrogen (secondary N) is 1. The van der Waals surface area contributed by atoms with Crippen LogP contribution in [0.15, 0.2) is 33.6 Å². The molecule has 8 heteroatoms. The zero-order chi connectivity index (χ0) is 16.6. The highest BCUT2D eigenvalue weighted by atomic mass is 19.1. The van der Waals surface area contributed by atoms with Crippen LogP contribution in [0.2, 0.25) is 0 Å². The van der Waals surface area contributed by atoms with Crippen molar-refractivity contribution in [1.29, 1.82) is 0 Å². The van der Waals surface area contributed by atoms with E-state index in [-0.39, 0.29) is 17.6 Å². The molecule has 0 saturated heterocycles. The number of anilines is 1. The van der Waals surface area contributed by atoms with E-state index in [9.17, 15) is 14.0 Å². The van der Waals surface area contributed by atoms with Gasteiger partial charge in [0.05, 0.1) is 5.69 Å². The summed E-state index contributed by atoms with van der Waals surface area (Å²) in [4.78, 5) is 28.7. The van der Waals surface area contributed by atoms with Crippen LogP contribution in [0.25, 0.3) is 11.1 Å². The van der Waals surface area contributed by atoms with E-state index < -0.39 is 17.3 Å². The Balaban J connectivity index is 1.90. The first kappa shape index (κ1) is 14.9. The number of nitrogens with zero attached hydrogens (tertiary/aromatic N) is 3. The summed E-state index contributed by atoms with van der Waals surface area (Å²) >= 11 is 0. The lowest BCUT2D eigenvalue weighted by molar-refractivity contribution is -0.116. The van der Waals surface area contributed by atoms with Crippen molar-refractivity contribution in [3.63, 3.8) is 0 Å². The number of hydrogen-bond donors (Lipinski definition) is 1. The molecule has 1 aromatic carbocycles. The zero-order valence-corrected chi connectivity index (χ0v) is 12.5. The van der Waals surface area contributed by atoms with Crippen molar-refractivity contribution in [1.82, 2.24) is 14.7 Å². The molecular weight excluding hydrogens is 303 g/mol. The van der Waals surface area contributed by atoms with E-state index in [4.69, 9.17) is 4.52 Å². The number of halogens is 1. The predicted molar refractivity (Wildman–Crippen MR) is 80.6 cm³/mol. The van der Waals surface area contributed by atoms with Crippen LogP contribution in [0.1, 0.15) is 11.5 Å². The summed E-state index contributed by atoms with van der Waals surface area (Å²) in [7, 11) is 0. The third-order valence-electron chi connectivity index (χ3n) is 3.37. The molecule has 3 rings (SSSR count). The summed E-state index contributed by atoms with van der Waals surface area (Å²) in [5, 5.41) is 6.48. The first-order chi connectivity index (χ1) is 11.0. The molecule has 2 heterocycles. The Hall–Kier alpha value is -3.03. The minimum atomic E-state index is -0.462. The van der Waals surface area contributed by atoms with Gasteiger partial charge in [-0.15, -0.1) is 0 Å². The Morgan fingerprint density at radius 3 is 2.91 bits per heavy atom. The summed E-state index contributed by atoms with van der Waals surface area (Å²) in [6, 6.07) is 5.51. The normalized spacial score (nSPS) is 10.9. The number of benzene rings is 1. The van der Waals surface area contributed by atoms with Crippen LogP contribution < -0.4 is 10.9 Å². The van der Waals surface area contributed by atoms with Gasteiger partial charge in [-0.25, -0.2) is 4.39 Å². The van der Waals surface area contributed by atoms with E-state index in [1.807, 2.05) is 0 Å². The zero-order valence-electron chi connectivity index (χ0n) is 12.5. The molecule has 0 aliphatic rings. The molecule has 2 aromatic heterocycles. The molecule has 0 saturated carbocycles. The highest BCUT2D eigenvalue weighted by Crippen LogP contribution is 2.12. The maximum atomic E-state index is 13.1. The fourth-order valence-corrected chi connectivity index (χ4v) is 2.27. The number of hydrogen-bond acceptors (Lipinski definition) is 5. The Morgan fingerprint density at radius 2 is 2.17 bits per heavy atom. The molecule has 0 aliphatic heterocycles. The highest BCUT2D eigenvalue weighted by molar-refractivity contribution is 5.90. The molecule has 0 fully saturated rings. The lowest BCUT2D eigenvalue weighted by Crippen LogP contribution is -2.30. The number of aryl methyl sites for hydroxylation is 2. The molecule has 3 aromatic rings. The number of aromatic nitrogens is 3. The summed E-state index contributed by atoms with van der Waals surface area (Å²) in [6.45, 7) is 2.98. The van der Waals surface area contributed by atoms with Gasteiger partial charge in [-0.2, -0.15) is 4.98 Å². The first-order valence-electron chi connectivity index (χ1n) is 6.84. The van der Waals surface area contributed by atoms with Crippen LogP contribution in [-0.4, -0.2) is 20.6 Å². The fraction of sp³-hybridized carbons (Fsp3) is 0.200. The average molecular weight is 316 g/mol. The third-order valence-corrected chi connectivity index (χ3v) is 3.37. The van der Waals surface area contributed by atoms with Gasteiger partial charge in [0, 0.05) is 5.69 Å². The molecule has 0 aliphatic carbocycles. The molecule has 1 N–H and O–H groups in total. The quantitative estimate of drug-likeness (QED) is 0.795. The maximum absolute atomic E-state index is 13.1. The van der Waals surface area contributed by atoms with Crippen molar-refractivity contribution in [3.8, 4) is 0 Å². The Morgan fingerprint density at radius 1 is 1.39 bits per heavy atom. The third kappa shape index (κ3) is 2.83. The second kappa shape index (κ2) is 5.64. The topological polar surface area (TPSA) is 90.0 Å². The van der Waals surface area contributed by atoms with E-state index in [1.54, 1.807) is 19.9 Å². The van der Waals surface area contributed by atoms with E-state index in [1.165, 1.54) is 22.8 Å². The first-order valence-corrected chi connectivity index (χ1v) is 6.84. The van der Waals surface area contributed by atoms with Crippen LogP contribution in [-0.2, 0) is 11.3 Å². The number of amides is 1. The largest absolute Gasteiger partial charge is 0.335 e. The predicted octanol–water partition coefficient (Wildman–Crippen LogP) is 1.78. The van der Waals surface area contributed by atoms with Gasteiger partial charge in [-0.3, -0.25) is 14.2 Å². The monoisotopic (exact) mass is 316 g/mol. The molecule has 0 radical (unpaired) electrons. The lowest BCUT2D eigenvalue weighted by Gasteiger charge is -2.09. The van der Waals surface area contributed by atoms with Crippen molar-refractivity contribution in [2.24, 2.45) is 0 Å². The van der Waals surface area contributed by atoms with E-state index in [0.717, 1.165) is 0 Å². The molecule has 118 valence electrons. The fourth-order valence-electron chi connectivity index (χ4n) is 2.27. The number of rotatable bonds is 3.